The molecule has 0 spiro atoms. The number of thioether (sulfide) groups is 1. The second kappa shape index (κ2) is 6.90. The molecule has 0 saturated heterocycles. The Hall–Kier alpha value is -2.34. The first-order valence-electron chi connectivity index (χ1n) is 6.24. The average molecular weight is 302 g/mol. The molecule has 0 atom stereocenters. The van der Waals surface area contributed by atoms with Crippen LogP contribution < -0.4 is 5.32 Å². The minimum absolute atomic E-state index is 0.161. The van der Waals surface area contributed by atoms with Gasteiger partial charge in [0.15, 0.2) is 5.69 Å². The lowest BCUT2D eigenvalue weighted by molar-refractivity contribution is -0.113. The third kappa shape index (κ3) is 4.32. The lowest BCUT2D eigenvalue weighted by atomic mass is 10.2. The van der Waals surface area contributed by atoms with E-state index in [9.17, 15) is 9.59 Å². The molecule has 1 heterocycles. The molecule has 0 radical (unpaired) electrons. The van der Waals surface area contributed by atoms with Crippen LogP contribution in [0.3, 0.4) is 0 Å². The highest BCUT2D eigenvalue weighted by molar-refractivity contribution is 8.00. The monoisotopic (exact) mass is 302 g/mol. The Labute approximate surface area is 126 Å². The number of benzene rings is 1. The van der Waals surface area contributed by atoms with Gasteiger partial charge < -0.3 is 10.4 Å². The number of anilines is 1. The van der Waals surface area contributed by atoms with E-state index in [1.54, 1.807) is 6.07 Å². The van der Waals surface area contributed by atoms with Crippen molar-refractivity contribution in [1.82, 2.24) is 4.98 Å². The fourth-order valence-corrected chi connectivity index (χ4v) is 2.34. The zero-order chi connectivity index (χ0) is 15.2. The second-order valence-corrected chi connectivity index (χ2v) is 5.40. The first kappa shape index (κ1) is 15.1. The van der Waals surface area contributed by atoms with Crippen LogP contribution in [0.25, 0.3) is 0 Å². The average Bonchev–Trinajstić information content (AvgIpc) is 2.47. The summed E-state index contributed by atoms with van der Waals surface area (Å²) in [5.41, 5.74) is 1.20. The van der Waals surface area contributed by atoms with Crippen LogP contribution in [0, 0.1) is 6.92 Å². The summed E-state index contributed by atoms with van der Waals surface area (Å²) in [4.78, 5) is 27.6. The van der Waals surface area contributed by atoms with Crippen LogP contribution in [0.4, 0.5) is 5.69 Å². The summed E-state index contributed by atoms with van der Waals surface area (Å²) in [5.74, 6) is -1.23. The Kier molecular flexibility index (Phi) is 4.94. The standard InChI is InChI=1S/C15H14N2O3S/c1-10-4-6-11(7-5-10)21-9-13(18)17-12-3-2-8-16-14(12)15(19)20/h2-8H,9H2,1H3,(H,17,18)(H,19,20). The van der Waals surface area contributed by atoms with Crippen molar-refractivity contribution < 1.29 is 14.7 Å². The minimum Gasteiger partial charge on any atom is -0.476 e. The van der Waals surface area contributed by atoms with Crippen LogP contribution in [-0.2, 0) is 4.79 Å². The molecule has 2 N–H and O–H groups in total. The fraction of sp³-hybridized carbons (Fsp3) is 0.133. The molecular formula is C15H14N2O3S. The van der Waals surface area contributed by atoms with Crippen LogP contribution in [0.5, 0.6) is 0 Å². The van der Waals surface area contributed by atoms with E-state index in [1.165, 1.54) is 24.0 Å². The fourth-order valence-electron chi connectivity index (χ4n) is 1.65. The number of carbonyl (C=O) groups is 2. The van der Waals surface area contributed by atoms with Gasteiger partial charge in [0.05, 0.1) is 11.4 Å². The number of hydrogen-bond acceptors (Lipinski definition) is 4. The van der Waals surface area contributed by atoms with Crippen molar-refractivity contribution in [1.29, 1.82) is 0 Å². The summed E-state index contributed by atoms with van der Waals surface area (Å²) in [6.07, 6.45) is 1.38. The molecule has 0 fully saturated rings. The molecule has 2 rings (SSSR count). The Balaban J connectivity index is 1.96. The lowest BCUT2D eigenvalue weighted by Crippen LogP contribution is -2.17. The van der Waals surface area contributed by atoms with E-state index >= 15 is 0 Å². The highest BCUT2D eigenvalue weighted by atomic mass is 32.2. The van der Waals surface area contributed by atoms with Gasteiger partial charge in [-0.25, -0.2) is 9.78 Å². The molecule has 21 heavy (non-hydrogen) atoms. The van der Waals surface area contributed by atoms with E-state index in [4.69, 9.17) is 5.11 Å². The van der Waals surface area contributed by atoms with Crippen molar-refractivity contribution in [3.05, 3.63) is 53.9 Å². The largest absolute Gasteiger partial charge is 0.476 e. The normalized spacial score (nSPS) is 10.1. The maximum atomic E-state index is 11.9. The topological polar surface area (TPSA) is 79.3 Å². The van der Waals surface area contributed by atoms with Gasteiger partial charge in [-0.15, -0.1) is 11.8 Å². The molecule has 1 aromatic heterocycles. The van der Waals surface area contributed by atoms with E-state index in [0.29, 0.717) is 0 Å². The lowest BCUT2D eigenvalue weighted by Gasteiger charge is -2.07. The molecule has 0 aliphatic carbocycles. The van der Waals surface area contributed by atoms with Gasteiger partial charge in [-0.05, 0) is 31.2 Å². The number of carbonyl (C=O) groups excluding carboxylic acids is 1. The number of pyridine rings is 1. The van der Waals surface area contributed by atoms with Crippen LogP contribution in [0.15, 0.2) is 47.5 Å². The second-order valence-electron chi connectivity index (χ2n) is 4.35. The van der Waals surface area contributed by atoms with Gasteiger partial charge in [-0.2, -0.15) is 0 Å². The molecule has 0 saturated carbocycles. The number of aryl methyl sites for hydroxylation is 1. The van der Waals surface area contributed by atoms with Crippen molar-refractivity contribution in [2.24, 2.45) is 0 Å². The van der Waals surface area contributed by atoms with E-state index in [2.05, 4.69) is 10.3 Å². The molecular weight excluding hydrogens is 288 g/mol. The van der Waals surface area contributed by atoms with Crippen molar-refractivity contribution in [2.45, 2.75) is 11.8 Å². The number of rotatable bonds is 5. The quantitative estimate of drug-likeness (QED) is 0.830. The third-order valence-corrected chi connectivity index (χ3v) is 3.69. The molecule has 1 aromatic carbocycles. The van der Waals surface area contributed by atoms with Gasteiger partial charge in [0, 0.05) is 11.1 Å². The maximum absolute atomic E-state index is 11.9. The summed E-state index contributed by atoms with van der Waals surface area (Å²) in [7, 11) is 0. The molecule has 2 aromatic rings. The Morgan fingerprint density at radius 3 is 2.62 bits per heavy atom. The van der Waals surface area contributed by atoms with Gasteiger partial charge >= 0.3 is 5.97 Å². The highest BCUT2D eigenvalue weighted by Gasteiger charge is 2.13. The molecule has 5 nitrogen and oxygen atoms in total. The van der Waals surface area contributed by atoms with Gasteiger partial charge in [-0.3, -0.25) is 4.79 Å². The van der Waals surface area contributed by atoms with E-state index < -0.39 is 5.97 Å². The number of aromatic nitrogens is 1. The third-order valence-electron chi connectivity index (χ3n) is 2.68. The molecule has 0 aliphatic rings. The van der Waals surface area contributed by atoms with Crippen molar-refractivity contribution in [3.63, 3.8) is 0 Å². The van der Waals surface area contributed by atoms with E-state index in [-0.39, 0.29) is 23.0 Å². The van der Waals surface area contributed by atoms with E-state index in [0.717, 1.165) is 10.5 Å². The molecule has 0 aliphatic heterocycles. The van der Waals surface area contributed by atoms with E-state index in [1.807, 2.05) is 31.2 Å². The van der Waals surface area contributed by atoms with Crippen LogP contribution in [0.2, 0.25) is 0 Å². The van der Waals surface area contributed by atoms with Crippen LogP contribution >= 0.6 is 11.8 Å². The van der Waals surface area contributed by atoms with Gasteiger partial charge in [0.2, 0.25) is 5.91 Å². The molecule has 108 valence electrons. The predicted octanol–water partition coefficient (Wildman–Crippen LogP) is 2.82. The Morgan fingerprint density at radius 2 is 1.95 bits per heavy atom. The number of carboxylic acid groups (broad SMARTS) is 1. The van der Waals surface area contributed by atoms with Crippen molar-refractivity contribution >= 4 is 29.3 Å². The zero-order valence-electron chi connectivity index (χ0n) is 11.4. The first-order valence-corrected chi connectivity index (χ1v) is 7.22. The predicted molar refractivity (Wildman–Crippen MR) is 81.7 cm³/mol. The number of amides is 1. The molecule has 6 heteroatoms. The number of nitrogens with zero attached hydrogens (tertiary/aromatic N) is 1. The zero-order valence-corrected chi connectivity index (χ0v) is 12.2. The summed E-state index contributed by atoms with van der Waals surface area (Å²) in [5, 5.41) is 11.6. The highest BCUT2D eigenvalue weighted by Crippen LogP contribution is 2.19. The molecule has 0 unspecified atom stereocenters. The van der Waals surface area contributed by atoms with Crippen LogP contribution in [-0.4, -0.2) is 27.7 Å². The molecule has 0 bridgehead atoms. The summed E-state index contributed by atoms with van der Waals surface area (Å²) >= 11 is 1.39. The van der Waals surface area contributed by atoms with Crippen LogP contribution in [0.1, 0.15) is 16.1 Å². The van der Waals surface area contributed by atoms with Crippen molar-refractivity contribution in [2.75, 3.05) is 11.1 Å². The van der Waals surface area contributed by atoms with Gasteiger partial charge in [-0.1, -0.05) is 17.7 Å². The Bertz CT molecular complexity index is 656. The number of hydrogen-bond donors (Lipinski definition) is 2. The Morgan fingerprint density at radius 1 is 1.24 bits per heavy atom. The smallest absolute Gasteiger partial charge is 0.356 e. The van der Waals surface area contributed by atoms with Gasteiger partial charge in [0.25, 0.3) is 0 Å². The summed E-state index contributed by atoms with van der Waals surface area (Å²) in [6.45, 7) is 2.00. The van der Waals surface area contributed by atoms with Crippen molar-refractivity contribution in [3.8, 4) is 0 Å². The summed E-state index contributed by atoms with van der Waals surface area (Å²) in [6, 6.07) is 10.9. The molecule has 1 amide bonds. The summed E-state index contributed by atoms with van der Waals surface area (Å²) < 4.78 is 0. The van der Waals surface area contributed by atoms with Gasteiger partial charge in [0.1, 0.15) is 0 Å². The first-order chi connectivity index (χ1) is 10.1. The number of nitrogens with one attached hydrogen (secondary N) is 1. The maximum Gasteiger partial charge on any atom is 0.356 e. The SMILES string of the molecule is Cc1ccc(SCC(=O)Nc2cccnc2C(=O)O)cc1. The minimum atomic E-state index is -1.17. The number of aromatic carboxylic acids is 1. The number of carboxylic acids is 1.